The van der Waals surface area contributed by atoms with Crippen molar-refractivity contribution in [1.82, 2.24) is 9.80 Å². The van der Waals surface area contributed by atoms with E-state index >= 15 is 0 Å². The number of nitrogens with zero attached hydrogens (tertiary/aromatic N) is 2. The third-order valence-electron chi connectivity index (χ3n) is 5.29. The average Bonchev–Trinajstić information content (AvgIpc) is 2.53. The van der Waals surface area contributed by atoms with Gasteiger partial charge in [0, 0.05) is 5.54 Å². The van der Waals surface area contributed by atoms with Crippen molar-refractivity contribution in [3.8, 4) is 0 Å². The Kier molecular flexibility index (Phi) is 6.12. The van der Waals surface area contributed by atoms with Gasteiger partial charge < -0.3 is 15.1 Å². The van der Waals surface area contributed by atoms with Crippen molar-refractivity contribution in [3.63, 3.8) is 0 Å². The van der Waals surface area contributed by atoms with Crippen LogP contribution in [0.15, 0.2) is 24.3 Å². The minimum absolute atomic E-state index is 0.243. The Morgan fingerprint density at radius 1 is 1.16 bits per heavy atom. The molecule has 2 atom stereocenters. The van der Waals surface area contributed by atoms with Gasteiger partial charge in [-0.15, -0.1) is 0 Å². The van der Waals surface area contributed by atoms with Crippen LogP contribution in [0.5, 0.6) is 0 Å². The molecular weight excluding hydrogens is 316 g/mol. The fourth-order valence-electron chi connectivity index (χ4n) is 3.77. The zero-order valence-corrected chi connectivity index (χ0v) is 16.1. The summed E-state index contributed by atoms with van der Waals surface area (Å²) >= 11 is 0. The van der Waals surface area contributed by atoms with E-state index in [-0.39, 0.29) is 6.04 Å². The van der Waals surface area contributed by atoms with Crippen LogP contribution in [0, 0.1) is 5.92 Å². The summed E-state index contributed by atoms with van der Waals surface area (Å²) in [7, 11) is 2.11. The van der Waals surface area contributed by atoms with Crippen molar-refractivity contribution in [2.24, 2.45) is 5.92 Å². The molecule has 5 heteroatoms. The first-order chi connectivity index (χ1) is 11.6. The fraction of sp³-hybridized carbons (Fsp3) is 0.650. The fourth-order valence-corrected chi connectivity index (χ4v) is 3.77. The molecule has 1 aromatic rings. The average molecular weight is 348 g/mol. The molecule has 25 heavy (non-hydrogen) atoms. The monoisotopic (exact) mass is 348 g/mol. The molecule has 0 aliphatic carbocycles. The molecule has 140 valence electrons. The number of benzene rings is 1. The van der Waals surface area contributed by atoms with Crippen LogP contribution in [0.3, 0.4) is 0 Å². The van der Waals surface area contributed by atoms with Crippen LogP contribution in [-0.2, 0) is 0 Å². The predicted octanol–water partition coefficient (Wildman–Crippen LogP) is 3.90. The number of amides is 1. The zero-order valence-electron chi connectivity index (χ0n) is 16.1. The van der Waals surface area contributed by atoms with Crippen LogP contribution in [0.2, 0.25) is 0 Å². The van der Waals surface area contributed by atoms with E-state index in [4.69, 9.17) is 0 Å². The van der Waals surface area contributed by atoms with E-state index in [9.17, 15) is 15.0 Å². The Balaban J connectivity index is 2.12. The molecule has 0 spiro atoms. The number of aliphatic hydroxyl groups is 1. The molecule has 1 heterocycles. The van der Waals surface area contributed by atoms with Crippen LogP contribution in [0.1, 0.15) is 63.8 Å². The molecule has 1 aliphatic heterocycles. The van der Waals surface area contributed by atoms with E-state index in [0.29, 0.717) is 5.92 Å². The molecular formula is C20H32N2O3. The summed E-state index contributed by atoms with van der Waals surface area (Å²) in [4.78, 5) is 15.4. The lowest BCUT2D eigenvalue weighted by Crippen LogP contribution is -2.46. The molecule has 5 nitrogen and oxygen atoms in total. The highest BCUT2D eigenvalue weighted by molar-refractivity contribution is 5.66. The Bertz CT molecular complexity index is 572. The molecule has 1 fully saturated rings. The van der Waals surface area contributed by atoms with Crippen molar-refractivity contribution in [2.75, 3.05) is 20.1 Å². The van der Waals surface area contributed by atoms with Crippen LogP contribution in [0.25, 0.3) is 0 Å². The quantitative estimate of drug-likeness (QED) is 0.866. The van der Waals surface area contributed by atoms with Gasteiger partial charge in [0.1, 0.15) is 0 Å². The maximum Gasteiger partial charge on any atom is 0.408 e. The number of hydrogen-bond acceptors (Lipinski definition) is 3. The number of rotatable bonds is 4. The highest BCUT2D eigenvalue weighted by Crippen LogP contribution is 2.32. The molecule has 0 bridgehead atoms. The molecule has 0 aromatic heterocycles. The van der Waals surface area contributed by atoms with Crippen LogP contribution in [-0.4, -0.2) is 51.8 Å². The van der Waals surface area contributed by atoms with Crippen molar-refractivity contribution in [3.05, 3.63) is 35.4 Å². The largest absolute Gasteiger partial charge is 0.465 e. The number of likely N-dealkylation sites (tertiary alicyclic amines) is 1. The first-order valence-electron chi connectivity index (χ1n) is 9.10. The predicted molar refractivity (Wildman–Crippen MR) is 99.7 cm³/mol. The summed E-state index contributed by atoms with van der Waals surface area (Å²) in [5.74, 6) is 0.296. The number of carbonyl (C=O) groups is 1. The zero-order chi connectivity index (χ0) is 18.8. The molecule has 1 aromatic carbocycles. The molecule has 1 unspecified atom stereocenters. The third kappa shape index (κ3) is 4.73. The minimum Gasteiger partial charge on any atom is -0.465 e. The van der Waals surface area contributed by atoms with Crippen molar-refractivity contribution in [2.45, 2.75) is 58.2 Å². The highest BCUT2D eigenvalue weighted by Gasteiger charge is 2.32. The minimum atomic E-state index is -0.921. The van der Waals surface area contributed by atoms with Gasteiger partial charge in [0.15, 0.2) is 0 Å². The summed E-state index contributed by atoms with van der Waals surface area (Å²) in [6, 6.07) is 7.53. The van der Waals surface area contributed by atoms with Gasteiger partial charge in [0.2, 0.25) is 0 Å². The third-order valence-corrected chi connectivity index (χ3v) is 5.29. The Morgan fingerprint density at radius 3 is 2.08 bits per heavy atom. The highest BCUT2D eigenvalue weighted by atomic mass is 16.4. The first kappa shape index (κ1) is 19.7. The summed E-state index contributed by atoms with van der Waals surface area (Å²) in [5.41, 5.74) is 1.39. The van der Waals surface area contributed by atoms with E-state index in [1.165, 1.54) is 4.90 Å². The Labute approximate surface area is 151 Å². The lowest BCUT2D eigenvalue weighted by molar-refractivity contribution is 0.0654. The van der Waals surface area contributed by atoms with Gasteiger partial charge in [-0.3, -0.25) is 4.90 Å². The van der Waals surface area contributed by atoms with Gasteiger partial charge in [-0.1, -0.05) is 24.3 Å². The van der Waals surface area contributed by atoms with E-state index in [2.05, 4.69) is 11.9 Å². The van der Waals surface area contributed by atoms with Gasteiger partial charge in [-0.25, -0.2) is 4.79 Å². The van der Waals surface area contributed by atoms with Crippen LogP contribution in [0.4, 0.5) is 4.79 Å². The summed E-state index contributed by atoms with van der Waals surface area (Å²) in [6.07, 6.45) is 0.644. The lowest BCUT2D eigenvalue weighted by Gasteiger charge is -2.38. The van der Waals surface area contributed by atoms with Crippen LogP contribution >= 0.6 is 0 Å². The smallest absolute Gasteiger partial charge is 0.408 e. The van der Waals surface area contributed by atoms with Crippen LogP contribution < -0.4 is 0 Å². The molecule has 0 saturated carbocycles. The second-order valence-electron chi connectivity index (χ2n) is 8.25. The summed E-state index contributed by atoms with van der Waals surface area (Å²) < 4.78 is 0. The van der Waals surface area contributed by atoms with Gasteiger partial charge >= 0.3 is 6.09 Å². The number of hydrogen-bond donors (Lipinski definition) is 2. The molecule has 0 radical (unpaired) electrons. The first-order valence-corrected chi connectivity index (χ1v) is 9.10. The normalized spacial score (nSPS) is 19.4. The molecule has 2 rings (SSSR count). The molecule has 2 N–H and O–H groups in total. The van der Waals surface area contributed by atoms with Crippen molar-refractivity contribution in [1.29, 1.82) is 0 Å². The standard InChI is InChI=1S/C20H32N2O3/c1-14(22(19(24)25)20(2,3)4)15-6-8-16(9-7-15)18(23)17-10-12-21(5)13-11-17/h6-9,14,17-18,23H,10-13H2,1-5H3,(H,24,25)/t14?,18-/m1/s1. The van der Waals surface area contributed by atoms with E-state index < -0.39 is 17.7 Å². The second-order valence-corrected chi connectivity index (χ2v) is 8.25. The molecule has 1 aliphatic rings. The SMILES string of the molecule is CC(c1ccc([C@@H](O)C2CCN(C)CC2)cc1)N(C(=O)O)C(C)(C)C. The molecule has 1 saturated heterocycles. The van der Waals surface area contributed by atoms with Gasteiger partial charge in [0.25, 0.3) is 0 Å². The van der Waals surface area contributed by atoms with E-state index in [1.807, 2.05) is 52.0 Å². The topological polar surface area (TPSA) is 64.0 Å². The maximum absolute atomic E-state index is 11.7. The van der Waals surface area contributed by atoms with Crippen molar-refractivity contribution >= 4 is 6.09 Å². The van der Waals surface area contributed by atoms with E-state index in [0.717, 1.165) is 37.1 Å². The summed E-state index contributed by atoms with van der Waals surface area (Å²) in [5, 5.41) is 20.2. The van der Waals surface area contributed by atoms with Gasteiger partial charge in [-0.05, 0) is 77.7 Å². The second kappa shape index (κ2) is 7.75. The lowest BCUT2D eigenvalue weighted by atomic mass is 9.87. The Hall–Kier alpha value is -1.59. The number of carboxylic acid groups (broad SMARTS) is 1. The van der Waals surface area contributed by atoms with Crippen molar-refractivity contribution < 1.29 is 15.0 Å². The Morgan fingerprint density at radius 2 is 1.64 bits per heavy atom. The van der Waals surface area contributed by atoms with Gasteiger partial charge in [-0.2, -0.15) is 0 Å². The molecule has 1 amide bonds. The maximum atomic E-state index is 11.7. The summed E-state index contributed by atoms with van der Waals surface area (Å²) in [6.45, 7) is 9.65. The number of piperidine rings is 1. The van der Waals surface area contributed by atoms with Gasteiger partial charge in [0.05, 0.1) is 12.1 Å². The number of aliphatic hydroxyl groups excluding tert-OH is 1. The van der Waals surface area contributed by atoms with E-state index in [1.54, 1.807) is 0 Å².